The number of nitrogens with zero attached hydrogens (tertiary/aromatic N) is 2. The first kappa shape index (κ1) is 20.0. The predicted molar refractivity (Wildman–Crippen MR) is 89.6 cm³/mol. The number of benzene rings is 1. The summed E-state index contributed by atoms with van der Waals surface area (Å²) in [6.45, 7) is 5.96. The van der Waals surface area contributed by atoms with Crippen LogP contribution in [0.25, 0.3) is 5.69 Å². The zero-order chi connectivity index (χ0) is 20.5. The molecule has 0 amide bonds. The number of hydrogen-bond donors (Lipinski definition) is 1. The van der Waals surface area contributed by atoms with Crippen molar-refractivity contribution in [3.8, 4) is 17.3 Å². The van der Waals surface area contributed by atoms with Crippen molar-refractivity contribution in [2.75, 3.05) is 0 Å². The first-order valence-corrected chi connectivity index (χ1v) is 7.58. The number of carbonyl (C=O) groups excluding carboxylic acids is 1. The summed E-state index contributed by atoms with van der Waals surface area (Å²) in [6, 6.07) is 3.33. The molecule has 144 valence electrons. The second kappa shape index (κ2) is 7.14. The van der Waals surface area contributed by atoms with E-state index in [1.807, 2.05) is 0 Å². The fourth-order valence-corrected chi connectivity index (χ4v) is 2.44. The molecule has 0 bridgehead atoms. The number of aromatic hydroxyl groups is 1. The monoisotopic (exact) mass is 384 g/mol. The predicted octanol–water partition coefficient (Wildman–Crippen LogP) is 2.55. The first-order valence-electron chi connectivity index (χ1n) is 7.58. The van der Waals surface area contributed by atoms with Gasteiger partial charge in [-0.2, -0.15) is 0 Å². The third kappa shape index (κ3) is 3.94. The lowest BCUT2D eigenvalue weighted by Crippen LogP contribution is -2.42. The van der Waals surface area contributed by atoms with Crippen molar-refractivity contribution in [3.63, 3.8) is 0 Å². The van der Waals surface area contributed by atoms with Crippen LogP contribution in [-0.4, -0.2) is 26.4 Å². The van der Waals surface area contributed by atoms with Gasteiger partial charge in [0.15, 0.2) is 5.78 Å². The molecule has 0 spiro atoms. The number of aromatic nitrogens is 2. The Bertz CT molecular complexity index is 1020. The maximum absolute atomic E-state index is 12.7. The molecule has 1 aromatic carbocycles. The van der Waals surface area contributed by atoms with Crippen LogP contribution >= 0.6 is 0 Å². The minimum Gasteiger partial charge on any atom is -0.494 e. The van der Waals surface area contributed by atoms with Crippen LogP contribution in [-0.2, 0) is 0 Å². The molecule has 0 aliphatic rings. The van der Waals surface area contributed by atoms with Gasteiger partial charge in [0.25, 0.3) is 5.56 Å². The van der Waals surface area contributed by atoms with Crippen LogP contribution < -0.4 is 16.0 Å². The number of hydrogen-bond acceptors (Lipinski definition) is 5. The summed E-state index contributed by atoms with van der Waals surface area (Å²) in [4.78, 5) is 37.1. The Morgan fingerprint density at radius 2 is 1.96 bits per heavy atom. The highest BCUT2D eigenvalue weighted by Crippen LogP contribution is 2.24. The van der Waals surface area contributed by atoms with Crippen LogP contribution in [0.3, 0.4) is 0 Å². The molecule has 1 N–H and O–H groups in total. The van der Waals surface area contributed by atoms with Gasteiger partial charge in [-0.05, 0) is 26.0 Å². The number of carbonyl (C=O) groups is 1. The van der Waals surface area contributed by atoms with Crippen LogP contribution in [0, 0.1) is 0 Å². The van der Waals surface area contributed by atoms with Crippen molar-refractivity contribution in [2.45, 2.75) is 26.3 Å². The van der Waals surface area contributed by atoms with Crippen molar-refractivity contribution >= 4 is 5.78 Å². The third-order valence-electron chi connectivity index (χ3n) is 3.68. The molecule has 0 radical (unpaired) electrons. The highest BCUT2D eigenvalue weighted by molar-refractivity contribution is 5.95. The fourth-order valence-electron chi connectivity index (χ4n) is 2.44. The van der Waals surface area contributed by atoms with Crippen LogP contribution in [0.5, 0.6) is 11.6 Å². The quantitative estimate of drug-likeness (QED) is 0.632. The van der Waals surface area contributed by atoms with Gasteiger partial charge >= 0.3 is 12.1 Å². The van der Waals surface area contributed by atoms with Gasteiger partial charge in [0.05, 0.1) is 11.7 Å². The van der Waals surface area contributed by atoms with Crippen molar-refractivity contribution in [3.05, 3.63) is 63.3 Å². The minimum atomic E-state index is -4.97. The lowest BCUT2D eigenvalue weighted by atomic mass is 10.2. The smallest absolute Gasteiger partial charge is 0.494 e. The van der Waals surface area contributed by atoms with Gasteiger partial charge in [-0.15, -0.1) is 19.8 Å². The number of Topliss-reactive ketones (excluding diaryl/α,β-unsaturated/α-hetero) is 1. The molecular formula is C17H15F3N2O5. The zero-order valence-electron chi connectivity index (χ0n) is 14.3. The molecule has 0 aliphatic heterocycles. The molecule has 27 heavy (non-hydrogen) atoms. The van der Waals surface area contributed by atoms with Crippen LogP contribution in [0.2, 0.25) is 0 Å². The molecule has 0 aliphatic carbocycles. The maximum atomic E-state index is 12.7. The molecule has 7 nitrogen and oxygen atoms in total. The molecular weight excluding hydrogens is 369 g/mol. The molecule has 1 heterocycles. The second-order valence-corrected chi connectivity index (χ2v) is 5.57. The Kier molecular flexibility index (Phi) is 5.29. The summed E-state index contributed by atoms with van der Waals surface area (Å²) in [7, 11) is 0. The highest BCUT2D eigenvalue weighted by Gasteiger charge is 2.31. The van der Waals surface area contributed by atoms with Gasteiger partial charge in [0.2, 0.25) is 5.88 Å². The topological polar surface area (TPSA) is 90.5 Å². The number of rotatable bonds is 5. The summed E-state index contributed by atoms with van der Waals surface area (Å²) in [6.07, 6.45) is -3.69. The summed E-state index contributed by atoms with van der Waals surface area (Å²) in [5, 5.41) is 10.2. The summed E-state index contributed by atoms with van der Waals surface area (Å²) < 4.78 is 42.3. The maximum Gasteiger partial charge on any atom is 0.573 e. The van der Waals surface area contributed by atoms with Crippen molar-refractivity contribution in [1.29, 1.82) is 0 Å². The van der Waals surface area contributed by atoms with E-state index in [0.717, 1.165) is 29.7 Å². The van der Waals surface area contributed by atoms with Crippen LogP contribution in [0.15, 0.2) is 46.5 Å². The number of halogens is 3. The second-order valence-electron chi connectivity index (χ2n) is 5.57. The van der Waals surface area contributed by atoms with Gasteiger partial charge < -0.3 is 9.84 Å². The SMILES string of the molecule is C=CC(C)n1c(O)c(C(C)=O)c(=O)n(-c2cccc(OC(F)(F)F)c2)c1=O. The van der Waals surface area contributed by atoms with Gasteiger partial charge in [-0.1, -0.05) is 12.1 Å². The molecule has 0 fully saturated rings. The van der Waals surface area contributed by atoms with Gasteiger partial charge in [-0.25, -0.2) is 9.36 Å². The Labute approximate surface area is 150 Å². The average molecular weight is 384 g/mol. The van der Waals surface area contributed by atoms with E-state index in [4.69, 9.17) is 0 Å². The lowest BCUT2D eigenvalue weighted by molar-refractivity contribution is -0.274. The molecule has 0 saturated heterocycles. The van der Waals surface area contributed by atoms with Crippen LogP contribution in [0.4, 0.5) is 13.2 Å². The Morgan fingerprint density at radius 1 is 1.33 bits per heavy atom. The zero-order valence-corrected chi connectivity index (χ0v) is 14.3. The standard InChI is InChI=1S/C17H15F3N2O5/c1-4-9(2)21-14(24)13(10(3)23)15(25)22(16(21)26)11-6-5-7-12(8-11)27-17(18,19)20/h4-9,24H,1H2,2-3H3. The number of allylic oxidation sites excluding steroid dienone is 1. The van der Waals surface area contributed by atoms with Gasteiger partial charge in [-0.3, -0.25) is 14.2 Å². The summed E-state index contributed by atoms with van der Waals surface area (Å²) >= 11 is 0. The molecule has 10 heteroatoms. The Balaban J connectivity index is 2.85. The van der Waals surface area contributed by atoms with Crippen molar-refractivity contribution in [2.24, 2.45) is 0 Å². The van der Waals surface area contributed by atoms with E-state index in [2.05, 4.69) is 11.3 Å². The van der Waals surface area contributed by atoms with E-state index in [9.17, 15) is 32.7 Å². The number of ether oxygens (including phenoxy) is 1. The summed E-state index contributed by atoms with van der Waals surface area (Å²) in [5.41, 5.74) is -3.16. The van der Waals surface area contributed by atoms with Crippen molar-refractivity contribution < 1.29 is 27.8 Å². The van der Waals surface area contributed by atoms with E-state index in [1.165, 1.54) is 19.1 Å². The fraction of sp³-hybridized carbons (Fsp3) is 0.235. The van der Waals surface area contributed by atoms with Crippen molar-refractivity contribution in [1.82, 2.24) is 9.13 Å². The van der Waals surface area contributed by atoms with E-state index in [1.54, 1.807) is 0 Å². The summed E-state index contributed by atoms with van der Waals surface area (Å²) in [5.74, 6) is -2.32. The highest BCUT2D eigenvalue weighted by atomic mass is 19.4. The molecule has 0 saturated carbocycles. The average Bonchev–Trinajstić information content (AvgIpc) is 2.52. The largest absolute Gasteiger partial charge is 0.573 e. The number of ketones is 1. The van der Waals surface area contributed by atoms with E-state index >= 15 is 0 Å². The van der Waals surface area contributed by atoms with Gasteiger partial charge in [0, 0.05) is 6.07 Å². The minimum absolute atomic E-state index is 0.265. The van der Waals surface area contributed by atoms with E-state index in [-0.39, 0.29) is 5.69 Å². The van der Waals surface area contributed by atoms with E-state index < -0.39 is 46.6 Å². The molecule has 1 unspecified atom stereocenters. The first-order chi connectivity index (χ1) is 12.5. The third-order valence-corrected chi connectivity index (χ3v) is 3.68. The molecule has 2 rings (SSSR count). The lowest BCUT2D eigenvalue weighted by Gasteiger charge is -2.18. The van der Waals surface area contributed by atoms with E-state index in [0.29, 0.717) is 4.57 Å². The van der Waals surface area contributed by atoms with Crippen LogP contribution in [0.1, 0.15) is 30.2 Å². The molecule has 2 aromatic rings. The normalized spacial score (nSPS) is 12.5. The molecule has 1 aromatic heterocycles. The number of alkyl halides is 3. The van der Waals surface area contributed by atoms with Gasteiger partial charge in [0.1, 0.15) is 11.3 Å². The molecule has 1 atom stereocenters. The Hall–Kier alpha value is -3.30. The Morgan fingerprint density at radius 3 is 2.48 bits per heavy atom.